The molecule has 0 saturated carbocycles. The molecule has 1 atom stereocenters. The molecule has 1 spiro atoms. The monoisotopic (exact) mass is 365 g/mol. The van der Waals surface area contributed by atoms with Gasteiger partial charge in [0.15, 0.2) is 5.78 Å². The van der Waals surface area contributed by atoms with E-state index in [1.54, 1.807) is 0 Å². The highest BCUT2D eigenvalue weighted by molar-refractivity contribution is 6.11. The van der Waals surface area contributed by atoms with Gasteiger partial charge in [-0.2, -0.15) is 0 Å². The third kappa shape index (κ3) is 2.51. The minimum atomic E-state index is -1.03. The number of rotatable bonds is 3. The summed E-state index contributed by atoms with van der Waals surface area (Å²) in [6.07, 6.45) is 2.27. The Morgan fingerprint density at radius 3 is 2.67 bits per heavy atom. The number of nitrogens with zero attached hydrogens (tertiary/aromatic N) is 2. The Kier molecular flexibility index (Phi) is 3.94. The number of aryl methyl sites for hydroxylation is 2. The number of hydrogen-bond donors (Lipinski definition) is 1. The lowest BCUT2D eigenvalue weighted by Crippen LogP contribution is -2.46. The highest BCUT2D eigenvalue weighted by atomic mass is 16.2. The van der Waals surface area contributed by atoms with Gasteiger partial charge < -0.3 is 9.88 Å². The summed E-state index contributed by atoms with van der Waals surface area (Å²) in [5, 5.41) is 2.89. The molecule has 2 heterocycles. The molecule has 6 nitrogen and oxygen atoms in total. The second-order valence-corrected chi connectivity index (χ2v) is 7.50. The van der Waals surface area contributed by atoms with Crippen molar-refractivity contribution in [1.29, 1.82) is 0 Å². The van der Waals surface area contributed by atoms with Crippen LogP contribution in [0.4, 0.5) is 4.79 Å². The van der Waals surface area contributed by atoms with Crippen LogP contribution in [0.1, 0.15) is 45.7 Å². The summed E-state index contributed by atoms with van der Waals surface area (Å²) < 4.78 is 1.93. The Labute approximate surface area is 158 Å². The molecule has 1 N–H and O–H groups in total. The smallest absolute Gasteiger partial charge is 0.325 e. The minimum absolute atomic E-state index is 0.221. The van der Waals surface area contributed by atoms with E-state index in [4.69, 9.17) is 0 Å². The van der Waals surface area contributed by atoms with E-state index in [1.165, 1.54) is 0 Å². The highest BCUT2D eigenvalue weighted by Crippen LogP contribution is 2.39. The lowest BCUT2D eigenvalue weighted by molar-refractivity contribution is -0.131. The average molecular weight is 365 g/mol. The predicted molar refractivity (Wildman–Crippen MR) is 101 cm³/mol. The molecule has 6 heteroatoms. The summed E-state index contributed by atoms with van der Waals surface area (Å²) in [6, 6.07) is 9.05. The van der Waals surface area contributed by atoms with Crippen LogP contribution in [0.25, 0.3) is 0 Å². The number of fused-ring (bicyclic) bond motifs is 2. The number of nitrogens with one attached hydrogen (secondary N) is 1. The summed E-state index contributed by atoms with van der Waals surface area (Å²) in [4.78, 5) is 39.8. The van der Waals surface area contributed by atoms with E-state index in [2.05, 4.69) is 5.32 Å². The molecule has 0 bridgehead atoms. The van der Waals surface area contributed by atoms with Crippen LogP contribution in [-0.4, -0.2) is 33.7 Å². The largest absolute Gasteiger partial charge is 0.351 e. The molecule has 1 aliphatic heterocycles. The van der Waals surface area contributed by atoms with Gasteiger partial charge in [-0.25, -0.2) is 4.79 Å². The van der Waals surface area contributed by atoms with Crippen LogP contribution in [0.3, 0.4) is 0 Å². The topological polar surface area (TPSA) is 71.4 Å². The summed E-state index contributed by atoms with van der Waals surface area (Å²) in [5.74, 6) is -0.542. The van der Waals surface area contributed by atoms with Crippen molar-refractivity contribution < 1.29 is 14.4 Å². The van der Waals surface area contributed by atoms with Crippen LogP contribution in [-0.2, 0) is 23.8 Å². The van der Waals surface area contributed by atoms with Crippen molar-refractivity contribution in [3.63, 3.8) is 0 Å². The predicted octanol–water partition coefficient (Wildman–Crippen LogP) is 2.61. The molecule has 0 unspecified atom stereocenters. The molecule has 4 rings (SSSR count). The lowest BCUT2D eigenvalue weighted by atomic mass is 9.76. The van der Waals surface area contributed by atoms with Crippen molar-refractivity contribution in [3.8, 4) is 0 Å². The zero-order valence-electron chi connectivity index (χ0n) is 15.8. The first-order valence-corrected chi connectivity index (χ1v) is 9.24. The third-order valence-corrected chi connectivity index (χ3v) is 6.03. The average Bonchev–Trinajstić information content (AvgIpc) is 3.05. The highest BCUT2D eigenvalue weighted by Gasteiger charge is 2.54. The quantitative estimate of drug-likeness (QED) is 0.671. The molecule has 0 radical (unpaired) electrons. The van der Waals surface area contributed by atoms with Gasteiger partial charge in [0.25, 0.3) is 5.91 Å². The number of Topliss-reactive ketones (excluding diaryl/α,β-unsaturated/α-hetero) is 1. The Bertz CT molecular complexity index is 975. The maximum atomic E-state index is 13.3. The van der Waals surface area contributed by atoms with Crippen LogP contribution in [0.5, 0.6) is 0 Å². The minimum Gasteiger partial charge on any atom is -0.351 e. The van der Waals surface area contributed by atoms with Gasteiger partial charge in [0.05, 0.1) is 6.54 Å². The van der Waals surface area contributed by atoms with E-state index >= 15 is 0 Å². The molecular weight excluding hydrogens is 342 g/mol. The van der Waals surface area contributed by atoms with Crippen molar-refractivity contribution in [2.75, 3.05) is 6.54 Å². The molecule has 3 amide bonds. The van der Waals surface area contributed by atoms with Crippen molar-refractivity contribution in [1.82, 2.24) is 14.8 Å². The van der Waals surface area contributed by atoms with Crippen LogP contribution in [0.2, 0.25) is 0 Å². The summed E-state index contributed by atoms with van der Waals surface area (Å²) in [5.41, 5.74) is 3.26. The number of hydrogen-bond acceptors (Lipinski definition) is 3. The maximum absolute atomic E-state index is 13.3. The van der Waals surface area contributed by atoms with Crippen LogP contribution < -0.4 is 5.32 Å². The van der Waals surface area contributed by atoms with E-state index in [0.29, 0.717) is 12.0 Å². The summed E-state index contributed by atoms with van der Waals surface area (Å²) in [7, 11) is 1.89. The van der Waals surface area contributed by atoms with Gasteiger partial charge in [-0.05, 0) is 50.3 Å². The number of benzene rings is 1. The van der Waals surface area contributed by atoms with Crippen LogP contribution in [0.15, 0.2) is 30.3 Å². The molecule has 2 aliphatic rings. The van der Waals surface area contributed by atoms with E-state index in [1.807, 2.05) is 55.8 Å². The molecule has 27 heavy (non-hydrogen) atoms. The number of imide groups is 1. The van der Waals surface area contributed by atoms with Crippen molar-refractivity contribution in [2.45, 2.75) is 38.6 Å². The number of aromatic nitrogens is 1. The second-order valence-electron chi connectivity index (χ2n) is 7.50. The number of carbonyl (C=O) groups is 3. The van der Waals surface area contributed by atoms with E-state index < -0.39 is 11.6 Å². The Balaban J connectivity index is 1.65. The van der Waals surface area contributed by atoms with Crippen LogP contribution in [0, 0.1) is 13.8 Å². The standard InChI is InChI=1S/C21H23N3O3/c1-13-11-16(14(2)23(13)3)18(25)12-24-19(26)21(22-20(24)27)10-6-8-15-7-4-5-9-17(15)21/h4-5,7,9,11H,6,8,10,12H2,1-3H3,(H,22,27)/t21-/m1/s1. The Hall–Kier alpha value is -2.89. The van der Waals surface area contributed by atoms with E-state index in [0.717, 1.165) is 40.3 Å². The number of carbonyl (C=O) groups excluding carboxylic acids is 3. The molecule has 140 valence electrons. The van der Waals surface area contributed by atoms with Crippen molar-refractivity contribution in [2.24, 2.45) is 7.05 Å². The fourth-order valence-corrected chi connectivity index (χ4v) is 4.32. The molecular formula is C21H23N3O3. The molecule has 1 aromatic heterocycles. The van der Waals surface area contributed by atoms with Gasteiger partial charge in [0.2, 0.25) is 0 Å². The van der Waals surface area contributed by atoms with Crippen molar-refractivity contribution >= 4 is 17.7 Å². The van der Waals surface area contributed by atoms with E-state index in [9.17, 15) is 14.4 Å². The zero-order valence-corrected chi connectivity index (χ0v) is 15.8. The number of urea groups is 1. The van der Waals surface area contributed by atoms with Gasteiger partial charge in [-0.1, -0.05) is 24.3 Å². The third-order valence-electron chi connectivity index (χ3n) is 6.03. The zero-order chi connectivity index (χ0) is 19.3. The fourth-order valence-electron chi connectivity index (χ4n) is 4.32. The molecule has 1 aliphatic carbocycles. The Morgan fingerprint density at radius 2 is 1.96 bits per heavy atom. The normalized spacial score (nSPS) is 21.5. The summed E-state index contributed by atoms with van der Waals surface area (Å²) >= 11 is 0. The van der Waals surface area contributed by atoms with Gasteiger partial charge in [-0.3, -0.25) is 14.5 Å². The first-order valence-electron chi connectivity index (χ1n) is 9.24. The number of ketones is 1. The summed E-state index contributed by atoms with van der Waals surface area (Å²) in [6.45, 7) is 3.55. The van der Waals surface area contributed by atoms with Gasteiger partial charge in [0, 0.05) is 24.0 Å². The fraction of sp³-hybridized carbons (Fsp3) is 0.381. The van der Waals surface area contributed by atoms with Crippen LogP contribution >= 0.6 is 0 Å². The van der Waals surface area contributed by atoms with E-state index in [-0.39, 0.29) is 18.2 Å². The van der Waals surface area contributed by atoms with Gasteiger partial charge >= 0.3 is 6.03 Å². The molecule has 1 fully saturated rings. The van der Waals surface area contributed by atoms with Gasteiger partial charge in [-0.15, -0.1) is 0 Å². The SMILES string of the molecule is Cc1cc(C(=O)CN2C(=O)N[C@@]3(CCCc4ccccc43)C2=O)c(C)n1C. The molecule has 1 saturated heterocycles. The lowest BCUT2D eigenvalue weighted by Gasteiger charge is -2.33. The molecule has 2 aromatic rings. The van der Waals surface area contributed by atoms with Crippen molar-refractivity contribution in [3.05, 3.63) is 58.4 Å². The maximum Gasteiger partial charge on any atom is 0.325 e. The first kappa shape index (κ1) is 17.5. The molecule has 1 aromatic carbocycles. The second kappa shape index (κ2) is 6.08. The van der Waals surface area contributed by atoms with Gasteiger partial charge in [0.1, 0.15) is 5.54 Å². The first-order chi connectivity index (χ1) is 12.8. The Morgan fingerprint density at radius 1 is 1.22 bits per heavy atom. The number of amides is 3.